The van der Waals surface area contributed by atoms with Crippen LogP contribution in [0.4, 0.5) is 0 Å². The summed E-state index contributed by atoms with van der Waals surface area (Å²) in [6, 6.07) is 0. The molecule has 0 aliphatic carbocycles. The Balaban J connectivity index is 2.53. The van der Waals surface area contributed by atoms with Crippen molar-refractivity contribution in [3.05, 3.63) is 0 Å². The van der Waals surface area contributed by atoms with Gasteiger partial charge in [0.2, 0.25) is 11.8 Å². The number of aliphatic hydroxyl groups is 1. The summed E-state index contributed by atoms with van der Waals surface area (Å²) in [6.45, 7) is 1.11. The Kier molecular flexibility index (Phi) is 3.85. The molecule has 0 unspecified atom stereocenters. The average molecular weight is 186 g/mol. The van der Waals surface area contributed by atoms with E-state index in [9.17, 15) is 9.59 Å². The third-order valence-electron chi connectivity index (χ3n) is 1.93. The molecule has 0 spiro atoms. The molecule has 0 bridgehead atoms. The minimum absolute atomic E-state index is 0.00445. The van der Waals surface area contributed by atoms with Crippen molar-refractivity contribution in [1.82, 2.24) is 10.2 Å². The number of amides is 2. The minimum atomic E-state index is -0.198. The van der Waals surface area contributed by atoms with E-state index in [0.29, 0.717) is 25.9 Å². The van der Waals surface area contributed by atoms with Crippen LogP contribution in [0.25, 0.3) is 0 Å². The van der Waals surface area contributed by atoms with E-state index < -0.39 is 0 Å². The van der Waals surface area contributed by atoms with Gasteiger partial charge in [0.15, 0.2) is 0 Å². The first-order valence-corrected chi connectivity index (χ1v) is 4.40. The molecule has 0 aromatic heterocycles. The Morgan fingerprint density at radius 1 is 1.38 bits per heavy atom. The summed E-state index contributed by atoms with van der Waals surface area (Å²) < 4.78 is 0. The van der Waals surface area contributed by atoms with Gasteiger partial charge in [-0.15, -0.1) is 0 Å². The van der Waals surface area contributed by atoms with Crippen LogP contribution >= 0.6 is 0 Å². The zero-order chi connectivity index (χ0) is 9.68. The normalized spacial score (nSPS) is 19.0. The van der Waals surface area contributed by atoms with Crippen molar-refractivity contribution < 1.29 is 14.7 Å². The summed E-state index contributed by atoms with van der Waals surface area (Å²) in [5.41, 5.74) is 0. The number of aliphatic hydroxyl groups excluding tert-OH is 1. The van der Waals surface area contributed by atoms with Gasteiger partial charge in [0.05, 0.1) is 6.54 Å². The molecule has 2 amide bonds. The van der Waals surface area contributed by atoms with Gasteiger partial charge in [-0.05, 0) is 6.42 Å². The quantitative estimate of drug-likeness (QED) is 0.538. The van der Waals surface area contributed by atoms with E-state index in [1.807, 2.05) is 0 Å². The number of hydrogen-bond acceptors (Lipinski definition) is 4. The molecule has 5 nitrogen and oxygen atoms in total. The lowest BCUT2D eigenvalue weighted by atomic mass is 10.3. The first-order valence-electron chi connectivity index (χ1n) is 4.40. The second-order valence-corrected chi connectivity index (χ2v) is 2.94. The smallest absolute Gasteiger partial charge is 0.243 e. The summed E-state index contributed by atoms with van der Waals surface area (Å²) >= 11 is 0. The first-order chi connectivity index (χ1) is 6.25. The van der Waals surface area contributed by atoms with Gasteiger partial charge in [-0.2, -0.15) is 0 Å². The van der Waals surface area contributed by atoms with Crippen LogP contribution in [0.15, 0.2) is 0 Å². The molecular formula is C8H14N2O3. The highest BCUT2D eigenvalue weighted by molar-refractivity contribution is 5.97. The van der Waals surface area contributed by atoms with E-state index in [4.69, 9.17) is 5.11 Å². The van der Waals surface area contributed by atoms with Gasteiger partial charge in [-0.25, -0.2) is 0 Å². The van der Waals surface area contributed by atoms with Crippen LogP contribution in [0.2, 0.25) is 0 Å². The number of imide groups is 1. The topological polar surface area (TPSA) is 69.6 Å². The highest BCUT2D eigenvalue weighted by Crippen LogP contribution is 2.00. The van der Waals surface area contributed by atoms with Crippen molar-refractivity contribution in [3.63, 3.8) is 0 Å². The third-order valence-corrected chi connectivity index (χ3v) is 1.93. The highest BCUT2D eigenvalue weighted by atomic mass is 16.3. The minimum Gasteiger partial charge on any atom is -0.396 e. The van der Waals surface area contributed by atoms with Gasteiger partial charge in [-0.3, -0.25) is 14.5 Å². The van der Waals surface area contributed by atoms with Crippen molar-refractivity contribution in [2.24, 2.45) is 0 Å². The molecular weight excluding hydrogens is 172 g/mol. The molecule has 5 heteroatoms. The van der Waals surface area contributed by atoms with Crippen molar-refractivity contribution in [2.45, 2.75) is 12.8 Å². The molecule has 1 aliphatic heterocycles. The van der Waals surface area contributed by atoms with E-state index in [1.54, 1.807) is 0 Å². The maximum Gasteiger partial charge on any atom is 0.243 e. The van der Waals surface area contributed by atoms with Gasteiger partial charge in [0, 0.05) is 26.1 Å². The summed E-state index contributed by atoms with van der Waals surface area (Å²) in [6.07, 6.45) is 0.814. The largest absolute Gasteiger partial charge is 0.396 e. The zero-order valence-electron chi connectivity index (χ0n) is 7.45. The Morgan fingerprint density at radius 3 is 2.85 bits per heavy atom. The second kappa shape index (κ2) is 4.94. The Morgan fingerprint density at radius 2 is 2.15 bits per heavy atom. The zero-order valence-corrected chi connectivity index (χ0v) is 7.45. The Hall–Kier alpha value is -0.940. The maximum atomic E-state index is 11.3. The molecule has 1 heterocycles. The maximum absolute atomic E-state index is 11.3. The summed E-state index contributed by atoms with van der Waals surface area (Å²) in [5, 5.41) is 11.4. The van der Waals surface area contributed by atoms with E-state index in [-0.39, 0.29) is 25.0 Å². The van der Waals surface area contributed by atoms with Gasteiger partial charge >= 0.3 is 0 Å². The van der Waals surface area contributed by atoms with Crippen LogP contribution in [-0.2, 0) is 9.59 Å². The van der Waals surface area contributed by atoms with Gasteiger partial charge in [-0.1, -0.05) is 0 Å². The van der Waals surface area contributed by atoms with E-state index in [1.165, 1.54) is 4.90 Å². The number of nitrogens with zero attached hydrogens (tertiary/aromatic N) is 1. The van der Waals surface area contributed by atoms with Crippen LogP contribution in [0.3, 0.4) is 0 Å². The van der Waals surface area contributed by atoms with E-state index in [2.05, 4.69) is 5.32 Å². The molecule has 1 saturated heterocycles. The lowest BCUT2D eigenvalue weighted by Crippen LogP contribution is -2.39. The molecule has 0 aromatic rings. The molecule has 1 fully saturated rings. The van der Waals surface area contributed by atoms with Crippen LogP contribution in [0, 0.1) is 0 Å². The predicted molar refractivity (Wildman–Crippen MR) is 45.9 cm³/mol. The molecule has 0 atom stereocenters. The SMILES string of the molecule is O=C1CCNCC(=O)N1CCCO. The number of carbonyl (C=O) groups excluding carboxylic acids is 2. The van der Waals surface area contributed by atoms with Crippen molar-refractivity contribution >= 4 is 11.8 Å². The van der Waals surface area contributed by atoms with Crippen LogP contribution in [-0.4, -0.2) is 48.1 Å². The first kappa shape index (κ1) is 10.1. The fraction of sp³-hybridized carbons (Fsp3) is 0.750. The summed E-state index contributed by atoms with van der Waals surface area (Å²) in [4.78, 5) is 23.8. The van der Waals surface area contributed by atoms with Crippen molar-refractivity contribution in [3.8, 4) is 0 Å². The van der Waals surface area contributed by atoms with Crippen LogP contribution in [0.5, 0.6) is 0 Å². The number of hydrogen-bond donors (Lipinski definition) is 2. The van der Waals surface area contributed by atoms with Crippen LogP contribution in [0.1, 0.15) is 12.8 Å². The molecule has 0 radical (unpaired) electrons. The fourth-order valence-corrected chi connectivity index (χ4v) is 1.24. The molecule has 0 saturated carbocycles. The van der Waals surface area contributed by atoms with Crippen LogP contribution < -0.4 is 5.32 Å². The number of rotatable bonds is 3. The lowest BCUT2D eigenvalue weighted by molar-refractivity contribution is -0.143. The Bertz CT molecular complexity index is 188. The van der Waals surface area contributed by atoms with E-state index >= 15 is 0 Å². The van der Waals surface area contributed by atoms with Gasteiger partial charge in [0.25, 0.3) is 0 Å². The predicted octanol–water partition coefficient (Wildman–Crippen LogP) is -1.28. The summed E-state index contributed by atoms with van der Waals surface area (Å²) in [5.74, 6) is -0.348. The molecule has 0 aromatic carbocycles. The molecule has 74 valence electrons. The molecule has 1 aliphatic rings. The third kappa shape index (κ3) is 2.78. The molecule has 1 rings (SSSR count). The summed E-state index contributed by atoms with van der Waals surface area (Å²) in [7, 11) is 0. The second-order valence-electron chi connectivity index (χ2n) is 2.94. The molecule has 2 N–H and O–H groups in total. The van der Waals surface area contributed by atoms with Crippen molar-refractivity contribution in [2.75, 3.05) is 26.2 Å². The highest BCUT2D eigenvalue weighted by Gasteiger charge is 2.22. The lowest BCUT2D eigenvalue weighted by Gasteiger charge is -2.17. The Labute approximate surface area is 76.7 Å². The van der Waals surface area contributed by atoms with Gasteiger partial charge in [0.1, 0.15) is 0 Å². The number of nitrogens with one attached hydrogen (secondary N) is 1. The standard InChI is InChI=1S/C8H14N2O3/c11-5-1-4-10-7(12)2-3-9-6-8(10)13/h9,11H,1-6H2. The monoisotopic (exact) mass is 186 g/mol. The number of carbonyl (C=O) groups is 2. The average Bonchev–Trinajstić information content (AvgIpc) is 2.26. The van der Waals surface area contributed by atoms with Gasteiger partial charge < -0.3 is 10.4 Å². The van der Waals surface area contributed by atoms with E-state index in [0.717, 1.165) is 0 Å². The van der Waals surface area contributed by atoms with Crippen molar-refractivity contribution in [1.29, 1.82) is 0 Å². The molecule has 13 heavy (non-hydrogen) atoms. The fourth-order valence-electron chi connectivity index (χ4n) is 1.24.